The minimum absolute atomic E-state index is 0.0353. The van der Waals surface area contributed by atoms with Gasteiger partial charge in [-0.2, -0.15) is 0 Å². The van der Waals surface area contributed by atoms with Crippen LogP contribution in [0.2, 0.25) is 0 Å². The first kappa shape index (κ1) is 21.2. The molecule has 2 heterocycles. The molecular weight excluding hydrogens is 412 g/mol. The number of nitrogens with zero attached hydrogens (tertiary/aromatic N) is 1. The number of nitrogens with one attached hydrogen (secondary N) is 1. The number of fused-ring (bicyclic) bond motifs is 1. The molecule has 164 valence electrons. The van der Waals surface area contributed by atoms with Crippen LogP contribution in [-0.4, -0.2) is 36.8 Å². The van der Waals surface area contributed by atoms with E-state index in [1.165, 1.54) is 24.5 Å². The molecular formula is C24H22N2O6. The zero-order chi connectivity index (χ0) is 22.8. The number of hydrogen-bond acceptors (Lipinski definition) is 6. The van der Waals surface area contributed by atoms with Gasteiger partial charge in [0.1, 0.15) is 17.3 Å². The fraction of sp³-hybridized carbons (Fsp3) is 0.208. The van der Waals surface area contributed by atoms with Crippen molar-refractivity contribution in [2.75, 3.05) is 14.2 Å². The predicted molar refractivity (Wildman–Crippen MR) is 115 cm³/mol. The summed E-state index contributed by atoms with van der Waals surface area (Å²) in [7, 11) is 3.12. The molecule has 3 aromatic rings. The zero-order valence-corrected chi connectivity index (χ0v) is 17.9. The molecule has 1 unspecified atom stereocenters. The smallest absolute Gasteiger partial charge is 0.261 e. The van der Waals surface area contributed by atoms with Gasteiger partial charge in [-0.25, -0.2) is 0 Å². The van der Waals surface area contributed by atoms with Gasteiger partial charge in [0, 0.05) is 11.1 Å². The van der Waals surface area contributed by atoms with Gasteiger partial charge in [-0.15, -0.1) is 0 Å². The Morgan fingerprint density at radius 3 is 2.50 bits per heavy atom. The summed E-state index contributed by atoms with van der Waals surface area (Å²) in [5.41, 5.74) is 1.48. The summed E-state index contributed by atoms with van der Waals surface area (Å²) in [6.07, 6.45) is 1.48. The summed E-state index contributed by atoms with van der Waals surface area (Å²) in [5, 5.41) is 2.90. The molecule has 8 heteroatoms. The molecule has 3 amide bonds. The highest BCUT2D eigenvalue weighted by Crippen LogP contribution is 2.30. The quantitative estimate of drug-likeness (QED) is 0.571. The van der Waals surface area contributed by atoms with E-state index in [-0.39, 0.29) is 29.1 Å². The van der Waals surface area contributed by atoms with E-state index in [0.717, 1.165) is 10.5 Å². The van der Waals surface area contributed by atoms with Gasteiger partial charge in [-0.1, -0.05) is 0 Å². The summed E-state index contributed by atoms with van der Waals surface area (Å²) < 4.78 is 15.9. The van der Waals surface area contributed by atoms with Crippen molar-refractivity contribution in [2.45, 2.75) is 19.5 Å². The minimum Gasteiger partial charge on any atom is -0.497 e. The predicted octanol–water partition coefficient (Wildman–Crippen LogP) is 3.58. The first-order valence-corrected chi connectivity index (χ1v) is 9.98. The van der Waals surface area contributed by atoms with Gasteiger partial charge < -0.3 is 19.2 Å². The van der Waals surface area contributed by atoms with Crippen molar-refractivity contribution in [1.29, 1.82) is 0 Å². The van der Waals surface area contributed by atoms with Gasteiger partial charge in [-0.05, 0) is 55.5 Å². The molecule has 4 rings (SSSR count). The van der Waals surface area contributed by atoms with E-state index in [1.54, 1.807) is 44.6 Å². The van der Waals surface area contributed by atoms with Gasteiger partial charge in [0.2, 0.25) is 0 Å². The summed E-state index contributed by atoms with van der Waals surface area (Å²) in [6, 6.07) is 12.8. The summed E-state index contributed by atoms with van der Waals surface area (Å²) >= 11 is 0. The van der Waals surface area contributed by atoms with Gasteiger partial charge in [-0.3, -0.25) is 19.3 Å². The first-order valence-electron chi connectivity index (χ1n) is 9.98. The van der Waals surface area contributed by atoms with Crippen molar-refractivity contribution in [3.63, 3.8) is 0 Å². The average molecular weight is 434 g/mol. The molecule has 1 aromatic heterocycles. The third-order valence-electron chi connectivity index (χ3n) is 5.38. The number of methoxy groups -OCH3 is 2. The molecule has 0 fully saturated rings. The largest absolute Gasteiger partial charge is 0.497 e. The van der Waals surface area contributed by atoms with Crippen LogP contribution in [0.15, 0.2) is 59.2 Å². The molecule has 1 N–H and O–H groups in total. The molecule has 1 aliphatic heterocycles. The molecule has 0 aliphatic carbocycles. The topological polar surface area (TPSA) is 98.1 Å². The average Bonchev–Trinajstić information content (AvgIpc) is 3.41. The van der Waals surface area contributed by atoms with Crippen LogP contribution in [0.3, 0.4) is 0 Å². The number of rotatable bonds is 7. The summed E-state index contributed by atoms with van der Waals surface area (Å²) in [4.78, 5) is 39.5. The minimum atomic E-state index is -0.460. The van der Waals surface area contributed by atoms with Gasteiger partial charge >= 0.3 is 0 Å². The second-order valence-electron chi connectivity index (χ2n) is 7.34. The Bertz CT molecular complexity index is 1190. The molecule has 1 atom stereocenters. The Labute approximate surface area is 184 Å². The van der Waals surface area contributed by atoms with E-state index in [1.807, 2.05) is 6.92 Å². The maximum absolute atomic E-state index is 12.9. The van der Waals surface area contributed by atoms with Crippen LogP contribution in [0.1, 0.15) is 55.4 Å². The molecule has 0 saturated carbocycles. The number of ether oxygens (including phenoxy) is 2. The van der Waals surface area contributed by atoms with Crippen LogP contribution in [0.25, 0.3) is 0 Å². The van der Waals surface area contributed by atoms with Crippen molar-refractivity contribution < 1.29 is 28.3 Å². The van der Waals surface area contributed by atoms with Crippen molar-refractivity contribution >= 4 is 17.7 Å². The Morgan fingerprint density at radius 1 is 1.03 bits per heavy atom. The number of imide groups is 1. The third kappa shape index (κ3) is 3.82. The van der Waals surface area contributed by atoms with Crippen LogP contribution < -0.4 is 14.8 Å². The highest BCUT2D eigenvalue weighted by atomic mass is 16.5. The van der Waals surface area contributed by atoms with Gasteiger partial charge in [0.15, 0.2) is 0 Å². The van der Waals surface area contributed by atoms with Crippen molar-refractivity contribution in [1.82, 2.24) is 10.2 Å². The van der Waals surface area contributed by atoms with Crippen LogP contribution >= 0.6 is 0 Å². The molecule has 0 saturated heterocycles. The second kappa shape index (κ2) is 8.58. The van der Waals surface area contributed by atoms with Crippen molar-refractivity contribution in [2.24, 2.45) is 0 Å². The lowest BCUT2D eigenvalue weighted by atomic mass is 10.0. The number of carbonyl (C=O) groups is 3. The van der Waals surface area contributed by atoms with Crippen LogP contribution in [0, 0.1) is 0 Å². The lowest BCUT2D eigenvalue weighted by molar-refractivity contribution is 0.0631. The molecule has 0 spiro atoms. The van der Waals surface area contributed by atoms with Crippen molar-refractivity contribution in [3.8, 4) is 11.5 Å². The maximum Gasteiger partial charge on any atom is 0.261 e. The van der Waals surface area contributed by atoms with Crippen LogP contribution in [0.5, 0.6) is 11.5 Å². The van der Waals surface area contributed by atoms with E-state index < -0.39 is 17.9 Å². The summed E-state index contributed by atoms with van der Waals surface area (Å²) in [5.74, 6) is 0.497. The third-order valence-corrected chi connectivity index (χ3v) is 5.38. The van der Waals surface area contributed by atoms with Crippen molar-refractivity contribution in [3.05, 3.63) is 82.8 Å². The summed E-state index contributed by atoms with van der Waals surface area (Å²) in [6.45, 7) is 1.86. The normalized spacial score (nSPS) is 13.7. The highest BCUT2D eigenvalue weighted by molar-refractivity contribution is 6.22. The second-order valence-corrected chi connectivity index (χ2v) is 7.34. The molecule has 32 heavy (non-hydrogen) atoms. The highest BCUT2D eigenvalue weighted by Gasteiger charge is 2.36. The Kier molecular flexibility index (Phi) is 5.68. The molecule has 8 nitrogen and oxygen atoms in total. The van der Waals surface area contributed by atoms with E-state index in [2.05, 4.69) is 5.32 Å². The SMILES string of the molecule is COc1ccc(OC)c(C(C)NC(=O)c2ccc3c(c2)C(=O)N(Cc2ccco2)C3=O)c1. The fourth-order valence-electron chi connectivity index (χ4n) is 3.67. The number of furan rings is 1. The first-order chi connectivity index (χ1) is 15.4. The monoisotopic (exact) mass is 434 g/mol. The Morgan fingerprint density at radius 2 is 1.81 bits per heavy atom. The molecule has 0 bridgehead atoms. The number of hydrogen-bond donors (Lipinski definition) is 1. The Balaban J connectivity index is 1.54. The van der Waals surface area contributed by atoms with Crippen LogP contribution in [-0.2, 0) is 6.54 Å². The fourth-order valence-corrected chi connectivity index (χ4v) is 3.67. The standard InChI is InChI=1S/C24H22N2O6/c1-14(19-12-16(30-2)7-9-21(19)31-3)25-22(27)15-6-8-18-20(11-15)24(29)26(23(18)28)13-17-5-4-10-32-17/h4-12,14H,13H2,1-3H3,(H,25,27). The van der Waals surface area contributed by atoms with Crippen LogP contribution in [0.4, 0.5) is 0 Å². The number of carbonyl (C=O) groups excluding carboxylic acids is 3. The maximum atomic E-state index is 12.9. The Hall–Kier alpha value is -4.07. The van der Waals surface area contributed by atoms with E-state index in [0.29, 0.717) is 17.3 Å². The van der Waals surface area contributed by atoms with Gasteiger partial charge in [0.25, 0.3) is 17.7 Å². The number of amides is 3. The zero-order valence-electron chi connectivity index (χ0n) is 17.9. The van der Waals surface area contributed by atoms with E-state index in [9.17, 15) is 14.4 Å². The van der Waals surface area contributed by atoms with Gasteiger partial charge in [0.05, 0.1) is 44.2 Å². The van der Waals surface area contributed by atoms with E-state index >= 15 is 0 Å². The molecule has 0 radical (unpaired) electrons. The molecule has 1 aliphatic rings. The molecule has 2 aromatic carbocycles. The van der Waals surface area contributed by atoms with E-state index in [4.69, 9.17) is 13.9 Å². The lowest BCUT2D eigenvalue weighted by Crippen LogP contribution is -2.29. The lowest BCUT2D eigenvalue weighted by Gasteiger charge is -2.18. The number of benzene rings is 2.